The standard InChI is InChI=1S/C16H21NO/c1-3-6-14-7-4-5-8-16(14)18-12-13(2)11-17-15-9-10-15/h3-8,15,17H,2,9-12H2,1H3/b6-3+. The van der Waals surface area contributed by atoms with E-state index in [2.05, 4.69) is 24.0 Å². The van der Waals surface area contributed by atoms with Crippen molar-refractivity contribution in [1.29, 1.82) is 0 Å². The summed E-state index contributed by atoms with van der Waals surface area (Å²) in [6, 6.07) is 8.79. The lowest BCUT2D eigenvalue weighted by atomic mass is 10.2. The van der Waals surface area contributed by atoms with Crippen molar-refractivity contribution in [3.8, 4) is 5.75 Å². The zero-order valence-corrected chi connectivity index (χ0v) is 11.0. The van der Waals surface area contributed by atoms with Crippen LogP contribution in [0.15, 0.2) is 42.5 Å². The van der Waals surface area contributed by atoms with E-state index < -0.39 is 0 Å². The van der Waals surface area contributed by atoms with Gasteiger partial charge in [-0.25, -0.2) is 0 Å². The van der Waals surface area contributed by atoms with Crippen molar-refractivity contribution in [3.05, 3.63) is 48.1 Å². The summed E-state index contributed by atoms with van der Waals surface area (Å²) in [5.41, 5.74) is 2.21. The minimum absolute atomic E-state index is 0.578. The second-order valence-electron chi connectivity index (χ2n) is 4.73. The molecule has 0 saturated heterocycles. The van der Waals surface area contributed by atoms with E-state index in [1.807, 2.05) is 31.2 Å². The molecule has 0 radical (unpaired) electrons. The van der Waals surface area contributed by atoms with E-state index in [0.29, 0.717) is 6.61 Å². The summed E-state index contributed by atoms with van der Waals surface area (Å²) in [5.74, 6) is 0.920. The van der Waals surface area contributed by atoms with Crippen LogP contribution >= 0.6 is 0 Å². The average Bonchev–Trinajstić information content (AvgIpc) is 3.20. The Morgan fingerprint density at radius 2 is 2.22 bits per heavy atom. The van der Waals surface area contributed by atoms with Crippen molar-refractivity contribution in [2.75, 3.05) is 13.2 Å². The van der Waals surface area contributed by atoms with E-state index in [1.165, 1.54) is 12.8 Å². The lowest BCUT2D eigenvalue weighted by molar-refractivity contribution is 0.347. The Bertz CT molecular complexity index is 432. The van der Waals surface area contributed by atoms with Crippen LogP contribution in [0.2, 0.25) is 0 Å². The van der Waals surface area contributed by atoms with E-state index >= 15 is 0 Å². The maximum Gasteiger partial charge on any atom is 0.126 e. The van der Waals surface area contributed by atoms with Crippen LogP contribution in [-0.2, 0) is 0 Å². The van der Waals surface area contributed by atoms with Gasteiger partial charge in [-0.3, -0.25) is 0 Å². The molecule has 0 unspecified atom stereocenters. The van der Waals surface area contributed by atoms with Gasteiger partial charge in [-0.1, -0.05) is 36.9 Å². The Morgan fingerprint density at radius 1 is 1.44 bits per heavy atom. The third-order valence-corrected chi connectivity index (χ3v) is 2.92. The Hall–Kier alpha value is -1.54. The van der Waals surface area contributed by atoms with Gasteiger partial charge in [0.25, 0.3) is 0 Å². The number of benzene rings is 1. The van der Waals surface area contributed by atoms with Gasteiger partial charge in [-0.2, -0.15) is 0 Å². The van der Waals surface area contributed by atoms with Crippen LogP contribution in [0.4, 0.5) is 0 Å². The molecule has 2 nitrogen and oxygen atoms in total. The monoisotopic (exact) mass is 243 g/mol. The molecule has 1 N–H and O–H groups in total. The highest BCUT2D eigenvalue weighted by molar-refractivity contribution is 5.56. The number of nitrogens with one attached hydrogen (secondary N) is 1. The largest absolute Gasteiger partial charge is 0.489 e. The van der Waals surface area contributed by atoms with Gasteiger partial charge >= 0.3 is 0 Å². The molecular formula is C16H21NO. The van der Waals surface area contributed by atoms with E-state index in [0.717, 1.165) is 29.5 Å². The molecule has 2 rings (SSSR count). The molecule has 96 valence electrons. The SMILES string of the molecule is C=C(CNC1CC1)COc1ccccc1/C=C/C. The van der Waals surface area contributed by atoms with Gasteiger partial charge in [-0.15, -0.1) is 0 Å². The molecule has 0 spiro atoms. The Balaban J connectivity index is 1.82. The molecule has 1 aliphatic carbocycles. The van der Waals surface area contributed by atoms with Crippen LogP contribution in [0.25, 0.3) is 6.08 Å². The van der Waals surface area contributed by atoms with Gasteiger partial charge in [0.05, 0.1) is 0 Å². The molecule has 0 bridgehead atoms. The zero-order chi connectivity index (χ0) is 12.8. The number of hydrogen-bond acceptors (Lipinski definition) is 2. The molecule has 1 aromatic rings. The molecule has 18 heavy (non-hydrogen) atoms. The molecule has 1 saturated carbocycles. The van der Waals surface area contributed by atoms with Crippen molar-refractivity contribution in [1.82, 2.24) is 5.32 Å². The summed E-state index contributed by atoms with van der Waals surface area (Å²) in [7, 11) is 0. The summed E-state index contributed by atoms with van der Waals surface area (Å²) in [6.07, 6.45) is 6.68. The fourth-order valence-corrected chi connectivity index (χ4v) is 1.74. The molecule has 1 fully saturated rings. The Morgan fingerprint density at radius 3 is 2.94 bits per heavy atom. The topological polar surface area (TPSA) is 21.3 Å². The lowest BCUT2D eigenvalue weighted by Gasteiger charge is -2.11. The van der Waals surface area contributed by atoms with Crippen LogP contribution in [0.1, 0.15) is 25.3 Å². The highest BCUT2D eigenvalue weighted by atomic mass is 16.5. The maximum absolute atomic E-state index is 5.81. The second kappa shape index (κ2) is 6.41. The van der Waals surface area contributed by atoms with Gasteiger partial charge in [-0.05, 0) is 31.4 Å². The summed E-state index contributed by atoms with van der Waals surface area (Å²) in [6.45, 7) is 7.48. The van der Waals surface area contributed by atoms with E-state index in [9.17, 15) is 0 Å². The summed E-state index contributed by atoms with van der Waals surface area (Å²) < 4.78 is 5.81. The molecule has 1 aromatic carbocycles. The maximum atomic E-state index is 5.81. The van der Waals surface area contributed by atoms with Gasteiger partial charge in [0, 0.05) is 18.2 Å². The molecule has 1 aliphatic rings. The first kappa shape index (κ1) is 12.9. The van der Waals surface area contributed by atoms with Crippen molar-refractivity contribution < 1.29 is 4.74 Å². The van der Waals surface area contributed by atoms with Crippen molar-refractivity contribution in [2.45, 2.75) is 25.8 Å². The summed E-state index contributed by atoms with van der Waals surface area (Å²) in [5, 5.41) is 3.44. The fraction of sp³-hybridized carbons (Fsp3) is 0.375. The lowest BCUT2D eigenvalue weighted by Crippen LogP contribution is -2.21. The Labute approximate surface area is 109 Å². The minimum atomic E-state index is 0.578. The number of rotatable bonds is 7. The predicted octanol–water partition coefficient (Wildman–Crippen LogP) is 3.41. The predicted molar refractivity (Wildman–Crippen MR) is 76.8 cm³/mol. The Kier molecular flexibility index (Phi) is 4.59. The number of para-hydroxylation sites is 1. The van der Waals surface area contributed by atoms with Gasteiger partial charge in [0.1, 0.15) is 12.4 Å². The first-order valence-corrected chi connectivity index (χ1v) is 6.54. The summed E-state index contributed by atoms with van der Waals surface area (Å²) in [4.78, 5) is 0. The quantitative estimate of drug-likeness (QED) is 0.741. The van der Waals surface area contributed by atoms with Crippen molar-refractivity contribution in [3.63, 3.8) is 0 Å². The van der Waals surface area contributed by atoms with Crippen molar-refractivity contribution in [2.24, 2.45) is 0 Å². The number of allylic oxidation sites excluding steroid dienone is 1. The third kappa shape index (κ3) is 4.04. The van der Waals surface area contributed by atoms with Gasteiger partial charge in [0.2, 0.25) is 0 Å². The third-order valence-electron chi connectivity index (χ3n) is 2.92. The molecule has 0 atom stereocenters. The molecular weight excluding hydrogens is 222 g/mol. The fourth-order valence-electron chi connectivity index (χ4n) is 1.74. The second-order valence-corrected chi connectivity index (χ2v) is 4.73. The highest BCUT2D eigenvalue weighted by Crippen LogP contribution is 2.20. The van der Waals surface area contributed by atoms with Crippen LogP contribution in [0.3, 0.4) is 0 Å². The average molecular weight is 243 g/mol. The van der Waals surface area contributed by atoms with Crippen LogP contribution in [-0.4, -0.2) is 19.2 Å². The minimum Gasteiger partial charge on any atom is -0.489 e. The first-order chi connectivity index (χ1) is 8.79. The van der Waals surface area contributed by atoms with E-state index in [1.54, 1.807) is 0 Å². The summed E-state index contributed by atoms with van der Waals surface area (Å²) >= 11 is 0. The van der Waals surface area contributed by atoms with E-state index in [-0.39, 0.29) is 0 Å². The molecule has 0 aromatic heterocycles. The van der Waals surface area contributed by atoms with Crippen molar-refractivity contribution >= 4 is 6.08 Å². The first-order valence-electron chi connectivity index (χ1n) is 6.54. The molecule has 2 heteroatoms. The van der Waals surface area contributed by atoms with Gasteiger partial charge < -0.3 is 10.1 Å². The van der Waals surface area contributed by atoms with Crippen LogP contribution in [0.5, 0.6) is 5.75 Å². The zero-order valence-electron chi connectivity index (χ0n) is 11.0. The van der Waals surface area contributed by atoms with E-state index in [4.69, 9.17) is 4.74 Å². The normalized spacial score (nSPS) is 14.9. The van der Waals surface area contributed by atoms with Crippen LogP contribution < -0.4 is 10.1 Å². The highest BCUT2D eigenvalue weighted by Gasteiger charge is 2.20. The number of ether oxygens (including phenoxy) is 1. The van der Waals surface area contributed by atoms with Gasteiger partial charge in [0.15, 0.2) is 0 Å². The van der Waals surface area contributed by atoms with Crippen LogP contribution in [0, 0.1) is 0 Å². The molecule has 0 aliphatic heterocycles. The smallest absolute Gasteiger partial charge is 0.126 e. The molecule has 0 heterocycles. The number of hydrogen-bond donors (Lipinski definition) is 1. The molecule has 0 amide bonds.